The molecule has 0 aliphatic carbocycles. The highest BCUT2D eigenvalue weighted by atomic mass is 16.3. The molecule has 1 unspecified atom stereocenters. The van der Waals surface area contributed by atoms with Crippen molar-refractivity contribution in [2.75, 3.05) is 0 Å². The lowest BCUT2D eigenvalue weighted by Gasteiger charge is -2.03. The molecule has 0 bridgehead atoms. The van der Waals surface area contributed by atoms with Crippen LogP contribution in [-0.4, -0.2) is 14.9 Å². The van der Waals surface area contributed by atoms with Crippen LogP contribution < -0.4 is 0 Å². The van der Waals surface area contributed by atoms with Crippen molar-refractivity contribution in [1.29, 1.82) is 0 Å². The van der Waals surface area contributed by atoms with E-state index in [0.717, 1.165) is 23.4 Å². The molecule has 1 atom stereocenters. The first kappa shape index (κ1) is 9.98. The topological polar surface area (TPSA) is 51.2 Å². The summed E-state index contributed by atoms with van der Waals surface area (Å²) < 4.78 is 6.94. The van der Waals surface area contributed by atoms with Crippen LogP contribution in [0.2, 0.25) is 0 Å². The maximum Gasteiger partial charge on any atom is 0.110 e. The zero-order valence-electron chi connectivity index (χ0n) is 8.84. The van der Waals surface area contributed by atoms with Crippen molar-refractivity contribution >= 4 is 0 Å². The van der Waals surface area contributed by atoms with E-state index in [2.05, 4.69) is 5.10 Å². The van der Waals surface area contributed by atoms with Gasteiger partial charge in [0.05, 0.1) is 12.5 Å². The van der Waals surface area contributed by atoms with Gasteiger partial charge in [-0.05, 0) is 19.9 Å². The first-order valence-electron chi connectivity index (χ1n) is 4.96. The van der Waals surface area contributed by atoms with Crippen LogP contribution in [0.1, 0.15) is 29.9 Å². The lowest BCUT2D eigenvalue weighted by molar-refractivity contribution is 0.219. The fraction of sp³-hybridized carbons (Fsp3) is 0.364. The normalized spacial score (nSPS) is 13.0. The van der Waals surface area contributed by atoms with Crippen molar-refractivity contribution in [3.05, 3.63) is 41.6 Å². The summed E-state index contributed by atoms with van der Waals surface area (Å²) in [6, 6.07) is 1.83. The molecule has 2 aromatic heterocycles. The Morgan fingerprint density at radius 2 is 2.33 bits per heavy atom. The molecule has 0 aliphatic heterocycles. The minimum absolute atomic E-state index is 0.650. The van der Waals surface area contributed by atoms with Gasteiger partial charge < -0.3 is 9.52 Å². The van der Waals surface area contributed by atoms with Gasteiger partial charge in [-0.15, -0.1) is 0 Å². The molecule has 2 aromatic rings. The molecule has 2 heterocycles. The van der Waals surface area contributed by atoms with E-state index in [1.54, 1.807) is 17.1 Å². The molecule has 2 rings (SSSR count). The Bertz CT molecular complexity index is 445. The van der Waals surface area contributed by atoms with Crippen molar-refractivity contribution in [1.82, 2.24) is 9.78 Å². The second-order valence-electron chi connectivity index (χ2n) is 3.52. The number of hydrogen-bond acceptors (Lipinski definition) is 3. The van der Waals surface area contributed by atoms with Crippen LogP contribution in [0.25, 0.3) is 0 Å². The molecule has 0 saturated heterocycles. The van der Waals surface area contributed by atoms with Gasteiger partial charge in [-0.3, -0.25) is 4.68 Å². The Balaban J connectivity index is 2.23. The Morgan fingerprint density at radius 1 is 1.53 bits per heavy atom. The summed E-state index contributed by atoms with van der Waals surface area (Å²) in [5.41, 5.74) is 1.56. The number of nitrogens with zero attached hydrogens (tertiary/aromatic N) is 2. The summed E-state index contributed by atoms with van der Waals surface area (Å²) in [4.78, 5) is 0. The highest BCUT2D eigenvalue weighted by Crippen LogP contribution is 2.22. The third-order valence-electron chi connectivity index (χ3n) is 2.36. The molecule has 0 radical (unpaired) electrons. The summed E-state index contributed by atoms with van der Waals surface area (Å²) in [5, 5.41) is 14.1. The van der Waals surface area contributed by atoms with Gasteiger partial charge in [0.25, 0.3) is 0 Å². The van der Waals surface area contributed by atoms with Crippen molar-refractivity contribution in [3.8, 4) is 0 Å². The lowest BCUT2D eigenvalue weighted by atomic mass is 10.1. The van der Waals surface area contributed by atoms with Gasteiger partial charge in [0, 0.05) is 23.9 Å². The Morgan fingerprint density at radius 3 is 2.87 bits per heavy atom. The van der Waals surface area contributed by atoms with E-state index in [1.165, 1.54) is 0 Å². The van der Waals surface area contributed by atoms with E-state index >= 15 is 0 Å². The van der Waals surface area contributed by atoms with Gasteiger partial charge >= 0.3 is 0 Å². The van der Waals surface area contributed by atoms with Crippen LogP contribution >= 0.6 is 0 Å². The first-order chi connectivity index (χ1) is 7.20. The van der Waals surface area contributed by atoms with Gasteiger partial charge in [0.15, 0.2) is 0 Å². The van der Waals surface area contributed by atoms with Crippen LogP contribution in [-0.2, 0) is 6.54 Å². The third kappa shape index (κ3) is 1.94. The largest absolute Gasteiger partial charge is 0.469 e. The lowest BCUT2D eigenvalue weighted by Crippen LogP contribution is -1.97. The highest BCUT2D eigenvalue weighted by molar-refractivity contribution is 5.25. The maximum absolute atomic E-state index is 10.0. The summed E-state index contributed by atoms with van der Waals surface area (Å²) in [6.45, 7) is 4.66. The molecule has 1 N–H and O–H groups in total. The fourth-order valence-corrected chi connectivity index (χ4v) is 1.49. The first-order valence-corrected chi connectivity index (χ1v) is 4.96. The predicted octanol–water partition coefficient (Wildman–Crippen LogP) is 1.89. The number of rotatable bonds is 3. The monoisotopic (exact) mass is 206 g/mol. The second-order valence-corrected chi connectivity index (χ2v) is 3.52. The van der Waals surface area contributed by atoms with E-state index in [4.69, 9.17) is 4.42 Å². The van der Waals surface area contributed by atoms with Crippen LogP contribution in [0.15, 0.2) is 29.1 Å². The summed E-state index contributed by atoms with van der Waals surface area (Å²) >= 11 is 0. The second kappa shape index (κ2) is 3.90. The Hall–Kier alpha value is -1.55. The van der Waals surface area contributed by atoms with E-state index < -0.39 is 6.10 Å². The van der Waals surface area contributed by atoms with Crippen LogP contribution in [0.3, 0.4) is 0 Å². The van der Waals surface area contributed by atoms with Crippen LogP contribution in [0.4, 0.5) is 0 Å². The molecule has 0 fully saturated rings. The molecule has 0 saturated carbocycles. The standard InChI is InChI=1S/C11H14N2O2/c1-3-13-6-10(5-12-13)11(14)9-4-8(2)15-7-9/h4-7,11,14H,3H2,1-2H3. The van der Waals surface area contributed by atoms with Gasteiger partial charge in [-0.2, -0.15) is 5.10 Å². The molecule has 0 aliphatic rings. The number of aryl methyl sites for hydroxylation is 2. The highest BCUT2D eigenvalue weighted by Gasteiger charge is 2.14. The average molecular weight is 206 g/mol. The third-order valence-corrected chi connectivity index (χ3v) is 2.36. The molecule has 0 spiro atoms. The summed E-state index contributed by atoms with van der Waals surface area (Å²) in [6.07, 6.45) is 4.44. The average Bonchev–Trinajstić information content (AvgIpc) is 2.84. The molecule has 0 aromatic carbocycles. The fourth-order valence-electron chi connectivity index (χ4n) is 1.49. The minimum atomic E-state index is -0.650. The van der Waals surface area contributed by atoms with Gasteiger partial charge in [-0.25, -0.2) is 0 Å². The number of aromatic nitrogens is 2. The van der Waals surface area contributed by atoms with E-state index in [9.17, 15) is 5.11 Å². The van der Waals surface area contributed by atoms with E-state index in [1.807, 2.05) is 26.1 Å². The quantitative estimate of drug-likeness (QED) is 0.834. The Kier molecular flexibility index (Phi) is 2.60. The van der Waals surface area contributed by atoms with E-state index in [0.29, 0.717) is 0 Å². The van der Waals surface area contributed by atoms with Crippen molar-refractivity contribution in [2.24, 2.45) is 0 Å². The van der Waals surface area contributed by atoms with Crippen LogP contribution in [0.5, 0.6) is 0 Å². The summed E-state index contributed by atoms with van der Waals surface area (Å²) in [7, 11) is 0. The SMILES string of the molecule is CCn1cc(C(O)c2coc(C)c2)cn1. The van der Waals surface area contributed by atoms with Crippen molar-refractivity contribution < 1.29 is 9.52 Å². The zero-order chi connectivity index (χ0) is 10.8. The molecular weight excluding hydrogens is 192 g/mol. The molecule has 80 valence electrons. The molecule has 0 amide bonds. The van der Waals surface area contributed by atoms with Crippen LogP contribution in [0, 0.1) is 6.92 Å². The number of hydrogen-bond donors (Lipinski definition) is 1. The summed E-state index contributed by atoms with van der Waals surface area (Å²) in [5.74, 6) is 0.798. The number of furan rings is 1. The van der Waals surface area contributed by atoms with Gasteiger partial charge in [0.1, 0.15) is 11.9 Å². The predicted molar refractivity (Wildman–Crippen MR) is 55.4 cm³/mol. The molecule has 4 heteroatoms. The zero-order valence-corrected chi connectivity index (χ0v) is 8.84. The minimum Gasteiger partial charge on any atom is -0.469 e. The van der Waals surface area contributed by atoms with Crippen molar-refractivity contribution in [2.45, 2.75) is 26.5 Å². The van der Waals surface area contributed by atoms with E-state index in [-0.39, 0.29) is 0 Å². The number of aliphatic hydroxyl groups excluding tert-OH is 1. The smallest absolute Gasteiger partial charge is 0.110 e. The maximum atomic E-state index is 10.0. The van der Waals surface area contributed by atoms with Gasteiger partial charge in [-0.1, -0.05) is 0 Å². The molecule has 4 nitrogen and oxygen atoms in total. The van der Waals surface area contributed by atoms with Crippen molar-refractivity contribution in [3.63, 3.8) is 0 Å². The Labute approximate surface area is 88.1 Å². The molecular formula is C11H14N2O2. The number of aliphatic hydroxyl groups is 1. The molecule has 15 heavy (non-hydrogen) atoms. The van der Waals surface area contributed by atoms with Gasteiger partial charge in [0.2, 0.25) is 0 Å².